The second-order valence-corrected chi connectivity index (χ2v) is 5.19. The molecule has 1 aliphatic rings. The van der Waals surface area contributed by atoms with Gasteiger partial charge in [0, 0.05) is 22.8 Å². The summed E-state index contributed by atoms with van der Waals surface area (Å²) in [7, 11) is 0. The Morgan fingerprint density at radius 1 is 1.26 bits per heavy atom. The highest BCUT2D eigenvalue weighted by atomic mass is 35.5. The molecule has 1 aliphatic heterocycles. The Kier molecular flexibility index (Phi) is 4.03. The maximum absolute atomic E-state index is 13.6. The summed E-state index contributed by atoms with van der Waals surface area (Å²) >= 11 is 5.84. The van der Waals surface area contributed by atoms with E-state index in [0.717, 1.165) is 12.1 Å². The quantitative estimate of drug-likeness (QED) is 0.786. The summed E-state index contributed by atoms with van der Waals surface area (Å²) in [6.45, 7) is -0.205. The number of benzene rings is 2. The summed E-state index contributed by atoms with van der Waals surface area (Å²) in [6, 6.07) is 8.20. The van der Waals surface area contributed by atoms with Crippen molar-refractivity contribution in [3.05, 3.63) is 47.2 Å². The molecule has 6 nitrogen and oxygen atoms in total. The lowest BCUT2D eigenvalue weighted by atomic mass is 10.2. The number of anilines is 3. The van der Waals surface area contributed by atoms with Crippen LogP contribution in [-0.4, -0.2) is 18.5 Å². The van der Waals surface area contributed by atoms with Gasteiger partial charge in [-0.25, -0.2) is 9.18 Å². The molecule has 0 radical (unpaired) electrons. The van der Waals surface area contributed by atoms with Crippen LogP contribution in [0.4, 0.5) is 26.2 Å². The molecule has 0 saturated heterocycles. The maximum atomic E-state index is 13.6. The monoisotopic (exact) mass is 335 g/mol. The fourth-order valence-corrected chi connectivity index (χ4v) is 2.30. The minimum Gasteiger partial charge on any atom is -0.479 e. The number of ether oxygens (including phenoxy) is 1. The zero-order valence-electron chi connectivity index (χ0n) is 11.7. The molecule has 0 spiro atoms. The number of halogens is 2. The van der Waals surface area contributed by atoms with Crippen molar-refractivity contribution in [1.82, 2.24) is 0 Å². The van der Waals surface area contributed by atoms with Gasteiger partial charge in [-0.05, 0) is 18.2 Å². The summed E-state index contributed by atoms with van der Waals surface area (Å²) in [5, 5.41) is 8.00. The van der Waals surface area contributed by atoms with Crippen molar-refractivity contribution in [1.29, 1.82) is 0 Å². The van der Waals surface area contributed by atoms with Gasteiger partial charge in [0.25, 0.3) is 5.91 Å². The van der Waals surface area contributed by atoms with E-state index in [2.05, 4.69) is 16.0 Å². The molecule has 1 heterocycles. The molecule has 3 amide bonds. The molecule has 3 N–H and O–H groups in total. The van der Waals surface area contributed by atoms with Gasteiger partial charge in [-0.1, -0.05) is 17.7 Å². The van der Waals surface area contributed by atoms with E-state index in [1.807, 2.05) is 0 Å². The van der Waals surface area contributed by atoms with Crippen LogP contribution >= 0.6 is 11.6 Å². The Morgan fingerprint density at radius 2 is 2.09 bits per heavy atom. The predicted molar refractivity (Wildman–Crippen MR) is 84.6 cm³/mol. The number of carbonyl (C=O) groups is 2. The van der Waals surface area contributed by atoms with Crippen LogP contribution in [0.15, 0.2) is 36.4 Å². The van der Waals surface area contributed by atoms with Crippen LogP contribution in [0.1, 0.15) is 0 Å². The van der Waals surface area contributed by atoms with Crippen LogP contribution in [0.5, 0.6) is 5.75 Å². The number of hydrogen-bond acceptors (Lipinski definition) is 3. The third-order valence-corrected chi connectivity index (χ3v) is 3.24. The highest BCUT2D eigenvalue weighted by molar-refractivity contribution is 6.30. The predicted octanol–water partition coefficient (Wildman–Crippen LogP) is 3.45. The Bertz CT molecular complexity index is 798. The largest absolute Gasteiger partial charge is 0.479 e. The summed E-state index contributed by atoms with van der Waals surface area (Å²) < 4.78 is 18.9. The van der Waals surface area contributed by atoms with E-state index >= 15 is 0 Å². The number of hydrogen-bond donors (Lipinski definition) is 3. The lowest BCUT2D eigenvalue weighted by Gasteiger charge is -2.21. The standard InChI is InChI=1S/C15H11ClFN3O3/c16-8-2-1-3-10(4-8)18-15(22)20-12-6-9(17)5-11-14(12)23-7-13(21)19-11/h1-6H,7H2,(H,19,21)(H2,18,20,22). The molecule has 0 aliphatic carbocycles. The SMILES string of the molecule is O=C1COc2c(cc(F)cc2NC(=O)Nc2cccc(Cl)c2)N1. The smallest absolute Gasteiger partial charge is 0.323 e. The summed E-state index contributed by atoms with van der Waals surface area (Å²) in [5.41, 5.74) is 0.758. The average Bonchev–Trinajstić information content (AvgIpc) is 2.46. The van der Waals surface area contributed by atoms with Crippen molar-refractivity contribution < 1.29 is 18.7 Å². The number of carbonyl (C=O) groups excluding carboxylic acids is 2. The zero-order valence-corrected chi connectivity index (χ0v) is 12.4. The van der Waals surface area contributed by atoms with Gasteiger partial charge in [-0.2, -0.15) is 0 Å². The Hall–Kier alpha value is -2.80. The van der Waals surface area contributed by atoms with Crippen LogP contribution in [-0.2, 0) is 4.79 Å². The molecule has 2 aromatic rings. The summed E-state index contributed by atoms with van der Waals surface area (Å²) in [5.74, 6) is -0.808. The lowest BCUT2D eigenvalue weighted by Crippen LogP contribution is -2.27. The van der Waals surface area contributed by atoms with Gasteiger partial charge in [0.05, 0.1) is 11.4 Å². The first-order valence-corrected chi connectivity index (χ1v) is 6.99. The van der Waals surface area contributed by atoms with Crippen molar-refractivity contribution in [3.63, 3.8) is 0 Å². The topological polar surface area (TPSA) is 79.5 Å². The highest BCUT2D eigenvalue weighted by Gasteiger charge is 2.21. The van der Waals surface area contributed by atoms with E-state index in [1.54, 1.807) is 24.3 Å². The molecule has 2 aromatic carbocycles. The van der Waals surface area contributed by atoms with Crippen molar-refractivity contribution in [2.45, 2.75) is 0 Å². The van der Waals surface area contributed by atoms with E-state index in [9.17, 15) is 14.0 Å². The molecular weight excluding hydrogens is 325 g/mol. The van der Waals surface area contributed by atoms with E-state index < -0.39 is 17.8 Å². The van der Waals surface area contributed by atoms with Gasteiger partial charge in [0.15, 0.2) is 12.4 Å². The molecular formula is C15H11ClFN3O3. The second kappa shape index (κ2) is 6.13. The number of urea groups is 1. The fourth-order valence-electron chi connectivity index (χ4n) is 2.11. The first-order valence-electron chi connectivity index (χ1n) is 6.61. The van der Waals surface area contributed by atoms with Gasteiger partial charge in [-0.3, -0.25) is 4.79 Å². The number of rotatable bonds is 2. The lowest BCUT2D eigenvalue weighted by molar-refractivity contribution is -0.118. The minimum atomic E-state index is -0.618. The molecule has 0 aromatic heterocycles. The van der Waals surface area contributed by atoms with E-state index in [0.29, 0.717) is 10.7 Å². The van der Waals surface area contributed by atoms with Crippen LogP contribution in [0.2, 0.25) is 5.02 Å². The molecule has 0 bridgehead atoms. The van der Waals surface area contributed by atoms with Crippen LogP contribution in [0.25, 0.3) is 0 Å². The summed E-state index contributed by atoms with van der Waals surface area (Å²) in [6.07, 6.45) is 0. The summed E-state index contributed by atoms with van der Waals surface area (Å²) in [4.78, 5) is 23.3. The van der Waals surface area contributed by atoms with Gasteiger partial charge < -0.3 is 20.7 Å². The average molecular weight is 336 g/mol. The van der Waals surface area contributed by atoms with E-state index in [-0.39, 0.29) is 23.7 Å². The molecule has 3 rings (SSSR count). The maximum Gasteiger partial charge on any atom is 0.323 e. The van der Waals surface area contributed by atoms with Crippen LogP contribution < -0.4 is 20.7 Å². The molecule has 0 atom stereocenters. The van der Waals surface area contributed by atoms with Crippen LogP contribution in [0.3, 0.4) is 0 Å². The molecule has 0 saturated carbocycles. The van der Waals surface area contributed by atoms with E-state index in [1.165, 1.54) is 0 Å². The number of amides is 3. The third kappa shape index (κ3) is 3.51. The van der Waals surface area contributed by atoms with Crippen molar-refractivity contribution in [3.8, 4) is 5.75 Å². The normalized spacial score (nSPS) is 12.7. The Morgan fingerprint density at radius 3 is 2.87 bits per heavy atom. The van der Waals surface area contributed by atoms with Gasteiger partial charge in [-0.15, -0.1) is 0 Å². The van der Waals surface area contributed by atoms with Gasteiger partial charge >= 0.3 is 6.03 Å². The van der Waals surface area contributed by atoms with Gasteiger partial charge in [0.1, 0.15) is 5.82 Å². The Labute approximate surface area is 135 Å². The van der Waals surface area contributed by atoms with Gasteiger partial charge in [0.2, 0.25) is 0 Å². The number of nitrogens with one attached hydrogen (secondary N) is 3. The Balaban J connectivity index is 1.80. The van der Waals surface area contributed by atoms with E-state index in [4.69, 9.17) is 16.3 Å². The molecule has 8 heteroatoms. The fraction of sp³-hybridized carbons (Fsp3) is 0.0667. The van der Waals surface area contributed by atoms with Crippen molar-refractivity contribution >= 4 is 40.6 Å². The van der Waals surface area contributed by atoms with Crippen LogP contribution in [0, 0.1) is 5.82 Å². The second-order valence-electron chi connectivity index (χ2n) is 4.76. The third-order valence-electron chi connectivity index (χ3n) is 3.01. The van der Waals surface area contributed by atoms with Crippen molar-refractivity contribution in [2.75, 3.05) is 22.6 Å². The first kappa shape index (κ1) is 15.1. The molecule has 0 fully saturated rings. The van der Waals surface area contributed by atoms with Crippen molar-refractivity contribution in [2.24, 2.45) is 0 Å². The molecule has 118 valence electrons. The minimum absolute atomic E-state index is 0.111. The number of fused-ring (bicyclic) bond motifs is 1. The first-order chi connectivity index (χ1) is 11.0. The highest BCUT2D eigenvalue weighted by Crippen LogP contribution is 2.36. The molecule has 0 unspecified atom stereocenters. The molecule has 23 heavy (non-hydrogen) atoms. The zero-order chi connectivity index (χ0) is 16.4.